The van der Waals surface area contributed by atoms with Crippen LogP contribution in [-0.2, 0) is 4.74 Å². The van der Waals surface area contributed by atoms with Crippen molar-refractivity contribution >= 4 is 17.0 Å². The lowest BCUT2D eigenvalue weighted by atomic mass is 9.97. The number of nitrogens with two attached hydrogens (primary N) is 1. The van der Waals surface area contributed by atoms with Crippen molar-refractivity contribution in [3.8, 4) is 12.3 Å². The Morgan fingerprint density at radius 1 is 1.68 bits per heavy atom. The third-order valence-corrected chi connectivity index (χ3v) is 3.70. The molecule has 0 bridgehead atoms. The molecule has 8 nitrogen and oxygen atoms in total. The van der Waals surface area contributed by atoms with Gasteiger partial charge in [0.1, 0.15) is 12.2 Å². The molecule has 2 aromatic heterocycles. The predicted molar refractivity (Wildman–Crippen MR) is 74.4 cm³/mol. The third kappa shape index (κ3) is 1.82. The van der Waals surface area contributed by atoms with Crippen molar-refractivity contribution < 1.29 is 19.3 Å². The van der Waals surface area contributed by atoms with Gasteiger partial charge in [-0.3, -0.25) is 9.78 Å². The number of aromatic amines is 1. The highest BCUT2D eigenvalue weighted by atomic mass is 19.1. The van der Waals surface area contributed by atoms with E-state index in [4.69, 9.17) is 22.0 Å². The number of aromatic nitrogens is 3. The fraction of sp³-hybridized carbons (Fsp3) is 0.385. The molecule has 1 saturated heterocycles. The van der Waals surface area contributed by atoms with Crippen LogP contribution in [0.1, 0.15) is 6.23 Å². The van der Waals surface area contributed by atoms with Crippen molar-refractivity contribution in [1.82, 2.24) is 14.5 Å². The Morgan fingerprint density at radius 2 is 2.41 bits per heavy atom. The van der Waals surface area contributed by atoms with Crippen molar-refractivity contribution in [2.24, 2.45) is 0 Å². The van der Waals surface area contributed by atoms with E-state index in [0.29, 0.717) is 0 Å². The molecule has 0 aromatic carbocycles. The summed E-state index contributed by atoms with van der Waals surface area (Å²) in [5, 5.41) is 19.3. The minimum atomic E-state index is -2.58. The second-order valence-corrected chi connectivity index (χ2v) is 4.98. The van der Waals surface area contributed by atoms with Crippen molar-refractivity contribution in [2.75, 3.05) is 12.3 Å². The summed E-state index contributed by atoms with van der Waals surface area (Å²) in [6.07, 6.45) is 2.20. The van der Waals surface area contributed by atoms with Crippen molar-refractivity contribution in [2.45, 2.75) is 24.1 Å². The van der Waals surface area contributed by atoms with Crippen LogP contribution >= 0.6 is 0 Å². The first-order valence-electron chi connectivity index (χ1n) is 6.39. The molecule has 1 aliphatic heterocycles. The number of H-pyrrole nitrogens is 1. The van der Waals surface area contributed by atoms with Crippen LogP contribution in [0, 0.1) is 12.3 Å². The monoisotopic (exact) mass is 308 g/mol. The Labute approximate surface area is 123 Å². The second-order valence-electron chi connectivity index (χ2n) is 4.98. The summed E-state index contributed by atoms with van der Waals surface area (Å²) in [7, 11) is 0. The highest BCUT2D eigenvalue weighted by Crippen LogP contribution is 2.42. The van der Waals surface area contributed by atoms with Gasteiger partial charge in [-0.15, -0.1) is 6.42 Å². The number of aliphatic hydroxyl groups is 2. The lowest BCUT2D eigenvalue weighted by Gasteiger charge is -2.24. The average Bonchev–Trinajstić information content (AvgIpc) is 3.00. The zero-order chi connectivity index (χ0) is 16.1. The van der Waals surface area contributed by atoms with Crippen LogP contribution in [0.2, 0.25) is 0 Å². The molecule has 0 spiro atoms. The number of rotatable bonds is 2. The van der Waals surface area contributed by atoms with Gasteiger partial charge in [0.15, 0.2) is 11.9 Å². The van der Waals surface area contributed by atoms with Gasteiger partial charge in [-0.1, -0.05) is 5.92 Å². The van der Waals surface area contributed by atoms with Crippen LogP contribution in [0.5, 0.6) is 0 Å². The van der Waals surface area contributed by atoms with Gasteiger partial charge in [-0.2, -0.15) is 4.98 Å². The first-order valence-corrected chi connectivity index (χ1v) is 6.39. The summed E-state index contributed by atoms with van der Waals surface area (Å²) in [6.45, 7) is -0.611. The molecule has 22 heavy (non-hydrogen) atoms. The largest absolute Gasteiger partial charge is 0.394 e. The number of nitrogens with one attached hydrogen (secondary N) is 1. The first-order chi connectivity index (χ1) is 10.4. The number of anilines is 1. The van der Waals surface area contributed by atoms with E-state index in [0.717, 1.165) is 0 Å². The number of hydrogen-bond donors (Lipinski definition) is 4. The van der Waals surface area contributed by atoms with Gasteiger partial charge in [0, 0.05) is 6.20 Å². The number of nitrogens with zero attached hydrogens (tertiary/aromatic N) is 2. The van der Waals surface area contributed by atoms with Crippen LogP contribution in [-0.4, -0.2) is 49.2 Å². The molecular formula is C13H13FN4O4. The topological polar surface area (TPSA) is 126 Å². The maximum absolute atomic E-state index is 14.9. The summed E-state index contributed by atoms with van der Waals surface area (Å²) >= 11 is 0. The zero-order valence-electron chi connectivity index (χ0n) is 11.2. The molecule has 2 aromatic rings. The Kier molecular flexibility index (Phi) is 3.17. The number of alkyl halides is 1. The molecule has 1 aliphatic rings. The average molecular weight is 308 g/mol. The van der Waals surface area contributed by atoms with E-state index < -0.39 is 36.3 Å². The van der Waals surface area contributed by atoms with E-state index in [2.05, 4.69) is 9.97 Å². The van der Waals surface area contributed by atoms with Crippen LogP contribution in [0.4, 0.5) is 10.3 Å². The third-order valence-electron chi connectivity index (χ3n) is 3.70. The van der Waals surface area contributed by atoms with Crippen LogP contribution in [0.15, 0.2) is 17.1 Å². The summed E-state index contributed by atoms with van der Waals surface area (Å²) in [4.78, 5) is 18.0. The summed E-state index contributed by atoms with van der Waals surface area (Å²) in [5.41, 5.74) is 2.47. The van der Waals surface area contributed by atoms with E-state index in [9.17, 15) is 14.3 Å². The lowest BCUT2D eigenvalue weighted by Crippen LogP contribution is -2.42. The number of hydrogen-bond acceptors (Lipinski definition) is 6. The summed E-state index contributed by atoms with van der Waals surface area (Å²) < 4.78 is 21.4. The van der Waals surface area contributed by atoms with Gasteiger partial charge in [0.05, 0.1) is 12.0 Å². The Hall–Kier alpha value is -2.41. The van der Waals surface area contributed by atoms with Gasteiger partial charge in [-0.25, -0.2) is 4.39 Å². The van der Waals surface area contributed by atoms with E-state index in [1.54, 1.807) is 0 Å². The molecule has 1 unspecified atom stereocenters. The quantitative estimate of drug-likeness (QED) is 0.522. The van der Waals surface area contributed by atoms with E-state index >= 15 is 0 Å². The van der Waals surface area contributed by atoms with Crippen LogP contribution in [0.25, 0.3) is 11.0 Å². The Balaban J connectivity index is 2.19. The zero-order valence-corrected chi connectivity index (χ0v) is 11.2. The molecular weight excluding hydrogens is 295 g/mol. The fourth-order valence-electron chi connectivity index (χ4n) is 2.57. The molecule has 3 rings (SSSR count). The molecule has 1 fully saturated rings. The minimum Gasteiger partial charge on any atom is -0.394 e. The predicted octanol–water partition coefficient (Wildman–Crippen LogP) is -1.10. The number of fused-ring (bicyclic) bond motifs is 1. The molecule has 0 saturated carbocycles. The van der Waals surface area contributed by atoms with Gasteiger partial charge >= 0.3 is 0 Å². The minimum absolute atomic E-state index is 0.0642. The number of aliphatic hydroxyl groups excluding tert-OH is 2. The second kappa shape index (κ2) is 4.81. The number of ether oxygens (including phenoxy) is 1. The van der Waals surface area contributed by atoms with E-state index in [-0.39, 0.29) is 17.0 Å². The van der Waals surface area contributed by atoms with Gasteiger partial charge < -0.3 is 25.3 Å². The standard InChI is InChI=1S/C13H13FN4O4/c1-2-13(14)8(20)7(5-19)22-11(13)18-4-3-6-9(18)16-12(15)17-10(6)21/h1,3-4,7-8,11,19-20H,5H2,(H3,15,16,17,21)/t7-,8+,11-,13?/m1/s1. The number of nitrogen functional groups attached to an aromatic ring is 1. The molecule has 0 aliphatic carbocycles. The fourth-order valence-corrected chi connectivity index (χ4v) is 2.57. The SMILES string of the molecule is C#CC1(F)[C@@H](O)[C@@H](CO)O[C@H]1n1ccc2c(=O)[nH]c(N)nc21. The lowest BCUT2D eigenvalue weighted by molar-refractivity contribution is -0.0501. The molecule has 116 valence electrons. The first kappa shape index (κ1) is 14.5. The Bertz CT molecular complexity index is 826. The highest BCUT2D eigenvalue weighted by Gasteiger charge is 2.57. The normalized spacial score (nSPS) is 31.5. The molecule has 5 N–H and O–H groups in total. The van der Waals surface area contributed by atoms with Crippen molar-refractivity contribution in [3.63, 3.8) is 0 Å². The Morgan fingerprint density at radius 3 is 3.05 bits per heavy atom. The maximum Gasteiger partial charge on any atom is 0.261 e. The number of halogens is 1. The summed E-state index contributed by atoms with van der Waals surface area (Å²) in [6, 6.07) is 1.40. The highest BCUT2D eigenvalue weighted by molar-refractivity contribution is 5.76. The molecule has 9 heteroatoms. The summed E-state index contributed by atoms with van der Waals surface area (Å²) in [5.74, 6) is 1.72. The van der Waals surface area contributed by atoms with Crippen LogP contribution < -0.4 is 11.3 Å². The molecule has 0 radical (unpaired) electrons. The van der Waals surface area contributed by atoms with E-state index in [1.807, 2.05) is 5.92 Å². The van der Waals surface area contributed by atoms with Gasteiger partial charge in [-0.05, 0) is 6.07 Å². The molecule has 0 amide bonds. The van der Waals surface area contributed by atoms with Crippen LogP contribution in [0.3, 0.4) is 0 Å². The van der Waals surface area contributed by atoms with Crippen molar-refractivity contribution in [1.29, 1.82) is 0 Å². The smallest absolute Gasteiger partial charge is 0.261 e. The van der Waals surface area contributed by atoms with E-state index in [1.165, 1.54) is 16.8 Å². The maximum atomic E-state index is 14.9. The molecule has 3 heterocycles. The van der Waals surface area contributed by atoms with Crippen molar-refractivity contribution in [3.05, 3.63) is 22.6 Å². The van der Waals surface area contributed by atoms with Gasteiger partial charge in [0.25, 0.3) is 5.56 Å². The van der Waals surface area contributed by atoms with Gasteiger partial charge in [0.2, 0.25) is 11.6 Å². The number of terminal acetylenes is 1. The molecule has 4 atom stereocenters.